The van der Waals surface area contributed by atoms with Gasteiger partial charge in [-0.3, -0.25) is 0 Å². The number of methoxy groups -OCH3 is 2. The van der Waals surface area contributed by atoms with Crippen molar-refractivity contribution >= 4 is 11.7 Å². The number of carbonyl (C=O) groups excluding carboxylic acids is 1. The van der Waals surface area contributed by atoms with Gasteiger partial charge in [-0.05, 0) is 20.8 Å². The Kier molecular flexibility index (Phi) is 5.50. The molecule has 7 nitrogen and oxygen atoms in total. The fraction of sp³-hybridized carbons (Fsp3) is 0.846. The monoisotopic (exact) mass is 288 g/mol. The van der Waals surface area contributed by atoms with Crippen molar-refractivity contribution in [3.8, 4) is 0 Å². The molecule has 1 aliphatic heterocycles. The number of hydrogen-bond acceptors (Lipinski definition) is 7. The highest BCUT2D eigenvalue weighted by Gasteiger charge is 2.43. The maximum Gasteiger partial charge on any atom is 0.330 e. The molecule has 0 aromatic heterocycles. The number of oxime groups is 1. The summed E-state index contributed by atoms with van der Waals surface area (Å²) in [5.41, 5.74) is -0.0340. The number of carbonyl (C=O) groups is 1. The summed E-state index contributed by atoms with van der Waals surface area (Å²) in [4.78, 5) is 22.1. The summed E-state index contributed by atoms with van der Waals surface area (Å²) in [5, 5.41) is 5.48. The summed E-state index contributed by atoms with van der Waals surface area (Å²) in [6.07, 6.45) is 0.486. The molecule has 1 rings (SSSR count). The lowest BCUT2D eigenvalue weighted by Crippen LogP contribution is -2.55. The Balaban J connectivity index is 2.80. The largest absolute Gasteiger partial charge is 0.399 e. The smallest absolute Gasteiger partial charge is 0.330 e. The van der Waals surface area contributed by atoms with Gasteiger partial charge in [0, 0.05) is 27.2 Å². The van der Waals surface area contributed by atoms with E-state index in [9.17, 15) is 4.79 Å². The third-order valence-electron chi connectivity index (χ3n) is 3.14. The second-order valence-electron chi connectivity index (χ2n) is 5.62. The van der Waals surface area contributed by atoms with Gasteiger partial charge >= 0.3 is 5.97 Å². The molecule has 7 heteroatoms. The highest BCUT2D eigenvalue weighted by molar-refractivity contribution is 5.93. The minimum absolute atomic E-state index is 0.275. The van der Waals surface area contributed by atoms with E-state index in [2.05, 4.69) is 5.16 Å². The normalized spacial score (nSPS) is 21.8. The van der Waals surface area contributed by atoms with E-state index in [4.69, 9.17) is 19.1 Å². The SMILES string of the molecule is CO/N=C1\CN(OC(=O)C(C)(C)C)CCC1(OC)OC. The Bertz CT molecular complexity index is 371. The van der Waals surface area contributed by atoms with Crippen LogP contribution in [-0.4, -0.2) is 57.0 Å². The van der Waals surface area contributed by atoms with Crippen molar-refractivity contribution in [1.29, 1.82) is 0 Å². The van der Waals surface area contributed by atoms with E-state index in [1.54, 1.807) is 40.1 Å². The molecule has 0 aliphatic carbocycles. The van der Waals surface area contributed by atoms with Gasteiger partial charge in [-0.25, -0.2) is 4.79 Å². The lowest BCUT2D eigenvalue weighted by molar-refractivity contribution is -0.221. The molecule has 1 fully saturated rings. The Morgan fingerprint density at radius 2 is 1.85 bits per heavy atom. The number of nitrogens with zero attached hydrogens (tertiary/aromatic N) is 2. The van der Waals surface area contributed by atoms with Gasteiger partial charge in [0.15, 0.2) is 0 Å². The molecule has 0 bridgehead atoms. The van der Waals surface area contributed by atoms with Gasteiger partial charge in [0.1, 0.15) is 12.8 Å². The van der Waals surface area contributed by atoms with Crippen LogP contribution in [-0.2, 0) is 23.9 Å². The zero-order valence-electron chi connectivity index (χ0n) is 13.1. The second kappa shape index (κ2) is 6.51. The average molecular weight is 288 g/mol. The van der Waals surface area contributed by atoms with Crippen LogP contribution < -0.4 is 0 Å². The van der Waals surface area contributed by atoms with Crippen molar-refractivity contribution in [2.75, 3.05) is 34.4 Å². The minimum atomic E-state index is -0.930. The standard InChI is InChI=1S/C13H24N2O5/c1-12(2,3)11(16)20-15-8-7-13(17-4,18-5)10(9-15)14-19-6/h7-9H2,1-6H3/b14-10+. The van der Waals surface area contributed by atoms with Crippen molar-refractivity contribution in [3.63, 3.8) is 0 Å². The molecule has 0 N–H and O–H groups in total. The topological polar surface area (TPSA) is 69.6 Å². The van der Waals surface area contributed by atoms with Crippen LogP contribution in [0.4, 0.5) is 0 Å². The van der Waals surface area contributed by atoms with Crippen molar-refractivity contribution in [1.82, 2.24) is 5.06 Å². The summed E-state index contributed by atoms with van der Waals surface area (Å²) in [5.74, 6) is -1.22. The summed E-state index contributed by atoms with van der Waals surface area (Å²) in [6, 6.07) is 0. The minimum Gasteiger partial charge on any atom is -0.399 e. The van der Waals surface area contributed by atoms with Gasteiger partial charge in [-0.15, -0.1) is 5.06 Å². The molecular formula is C13H24N2O5. The van der Waals surface area contributed by atoms with Crippen molar-refractivity contribution in [2.45, 2.75) is 33.0 Å². The van der Waals surface area contributed by atoms with E-state index in [1.807, 2.05) is 0 Å². The van der Waals surface area contributed by atoms with E-state index in [1.165, 1.54) is 7.11 Å². The molecule has 0 saturated carbocycles. The van der Waals surface area contributed by atoms with Crippen LogP contribution in [0.15, 0.2) is 5.16 Å². The van der Waals surface area contributed by atoms with Gasteiger partial charge in [-0.1, -0.05) is 5.16 Å². The second-order valence-corrected chi connectivity index (χ2v) is 5.62. The zero-order chi connectivity index (χ0) is 15.4. The Morgan fingerprint density at radius 1 is 1.25 bits per heavy atom. The number of hydrogen-bond donors (Lipinski definition) is 0. The van der Waals surface area contributed by atoms with E-state index in [0.29, 0.717) is 18.7 Å². The summed E-state index contributed by atoms with van der Waals surface area (Å²) < 4.78 is 10.8. The fourth-order valence-electron chi connectivity index (χ4n) is 1.85. The first kappa shape index (κ1) is 16.9. The Morgan fingerprint density at radius 3 is 2.30 bits per heavy atom. The highest BCUT2D eigenvalue weighted by atomic mass is 16.7. The molecule has 20 heavy (non-hydrogen) atoms. The molecule has 1 heterocycles. The number of rotatable bonds is 4. The zero-order valence-corrected chi connectivity index (χ0v) is 13.1. The molecule has 1 aliphatic rings. The fourth-order valence-corrected chi connectivity index (χ4v) is 1.85. The van der Waals surface area contributed by atoms with Gasteiger partial charge in [0.05, 0.1) is 12.0 Å². The third kappa shape index (κ3) is 3.68. The van der Waals surface area contributed by atoms with Crippen LogP contribution >= 0.6 is 0 Å². The van der Waals surface area contributed by atoms with Crippen molar-refractivity contribution in [3.05, 3.63) is 0 Å². The number of ether oxygens (including phenoxy) is 2. The van der Waals surface area contributed by atoms with Gasteiger partial charge in [-0.2, -0.15) is 0 Å². The van der Waals surface area contributed by atoms with Crippen molar-refractivity contribution < 1.29 is 23.9 Å². The highest BCUT2D eigenvalue weighted by Crippen LogP contribution is 2.26. The molecule has 0 atom stereocenters. The van der Waals surface area contributed by atoms with E-state index >= 15 is 0 Å². The van der Waals surface area contributed by atoms with Crippen LogP contribution in [0.1, 0.15) is 27.2 Å². The Labute approximate surface area is 119 Å². The first-order valence-corrected chi connectivity index (χ1v) is 6.47. The molecule has 116 valence electrons. The van der Waals surface area contributed by atoms with E-state index in [0.717, 1.165) is 0 Å². The molecular weight excluding hydrogens is 264 g/mol. The average Bonchev–Trinajstić information content (AvgIpc) is 2.39. The van der Waals surface area contributed by atoms with Crippen LogP contribution in [0, 0.1) is 5.41 Å². The maximum absolute atomic E-state index is 11.9. The summed E-state index contributed by atoms with van der Waals surface area (Å²) in [6.45, 7) is 6.18. The lowest BCUT2D eigenvalue weighted by atomic mass is 9.97. The third-order valence-corrected chi connectivity index (χ3v) is 3.14. The maximum atomic E-state index is 11.9. The summed E-state index contributed by atoms with van der Waals surface area (Å²) >= 11 is 0. The molecule has 1 saturated heterocycles. The molecule has 0 radical (unpaired) electrons. The molecule has 0 aromatic rings. The molecule has 0 unspecified atom stereocenters. The number of piperidine rings is 1. The lowest BCUT2D eigenvalue weighted by Gasteiger charge is -2.39. The predicted octanol–water partition coefficient (Wildman–Crippen LogP) is 1.19. The van der Waals surface area contributed by atoms with Crippen LogP contribution in [0.5, 0.6) is 0 Å². The molecule has 0 spiro atoms. The molecule has 0 amide bonds. The van der Waals surface area contributed by atoms with Gasteiger partial charge in [0.2, 0.25) is 5.79 Å². The predicted molar refractivity (Wildman–Crippen MR) is 72.9 cm³/mol. The van der Waals surface area contributed by atoms with Gasteiger partial charge in [0.25, 0.3) is 0 Å². The Hall–Kier alpha value is -1.18. The van der Waals surface area contributed by atoms with E-state index in [-0.39, 0.29) is 12.5 Å². The quantitative estimate of drug-likeness (QED) is 0.571. The van der Waals surface area contributed by atoms with Crippen LogP contribution in [0.25, 0.3) is 0 Å². The van der Waals surface area contributed by atoms with Gasteiger partial charge < -0.3 is 19.1 Å². The van der Waals surface area contributed by atoms with Crippen molar-refractivity contribution in [2.24, 2.45) is 10.6 Å². The van der Waals surface area contributed by atoms with E-state index < -0.39 is 11.2 Å². The van der Waals surface area contributed by atoms with Crippen LogP contribution in [0.2, 0.25) is 0 Å². The number of hydroxylamine groups is 2. The first-order chi connectivity index (χ1) is 9.29. The van der Waals surface area contributed by atoms with Crippen LogP contribution in [0.3, 0.4) is 0 Å². The first-order valence-electron chi connectivity index (χ1n) is 6.47. The molecule has 0 aromatic carbocycles. The summed E-state index contributed by atoms with van der Waals surface area (Å²) in [7, 11) is 4.54.